The molecule has 1 aromatic heterocycles. The van der Waals surface area contributed by atoms with Crippen LogP contribution in [0.5, 0.6) is 0 Å². The Morgan fingerprint density at radius 3 is 2.62 bits per heavy atom. The molecular formula is C18H26BN3O4. The normalized spacial score (nSPS) is 12.1. The lowest BCUT2D eigenvalue weighted by Crippen LogP contribution is -2.29. The van der Waals surface area contributed by atoms with Crippen molar-refractivity contribution in [3.05, 3.63) is 41.9 Å². The van der Waals surface area contributed by atoms with Crippen LogP contribution in [0.15, 0.2) is 30.5 Å². The maximum absolute atomic E-state index is 12.0. The lowest BCUT2D eigenvalue weighted by atomic mass is 10.0. The minimum atomic E-state index is -0.496. The number of benzene rings is 1. The van der Waals surface area contributed by atoms with Crippen molar-refractivity contribution in [2.24, 2.45) is 0 Å². The van der Waals surface area contributed by atoms with Gasteiger partial charge in [-0.2, -0.15) is 0 Å². The first-order valence-electron chi connectivity index (χ1n) is 8.85. The second-order valence-corrected chi connectivity index (χ2v) is 5.99. The lowest BCUT2D eigenvalue weighted by Gasteiger charge is -2.15. The molecule has 1 heterocycles. The number of rotatable bonds is 10. The van der Waals surface area contributed by atoms with Gasteiger partial charge in [0.2, 0.25) is 5.82 Å². The highest BCUT2D eigenvalue weighted by atomic mass is 16.5. The van der Waals surface area contributed by atoms with Gasteiger partial charge in [-0.05, 0) is 25.3 Å². The van der Waals surface area contributed by atoms with Crippen molar-refractivity contribution in [3.8, 4) is 11.3 Å². The van der Waals surface area contributed by atoms with Gasteiger partial charge < -0.3 is 24.7 Å². The molecular weight excluding hydrogens is 333 g/mol. The number of imidazole rings is 1. The van der Waals surface area contributed by atoms with E-state index in [4.69, 9.17) is 9.84 Å². The summed E-state index contributed by atoms with van der Waals surface area (Å²) in [5.74, 6) is -0.303. The van der Waals surface area contributed by atoms with E-state index in [1.807, 2.05) is 32.2 Å². The van der Waals surface area contributed by atoms with Gasteiger partial charge >= 0.3 is 5.97 Å². The summed E-state index contributed by atoms with van der Waals surface area (Å²) in [5, 5.41) is 21.5. The van der Waals surface area contributed by atoms with Crippen LogP contribution in [-0.4, -0.2) is 59.6 Å². The highest BCUT2D eigenvalue weighted by Crippen LogP contribution is 2.21. The minimum absolute atomic E-state index is 0.0859. The summed E-state index contributed by atoms with van der Waals surface area (Å²) in [6.07, 6.45) is 3.27. The molecule has 0 spiro atoms. The van der Waals surface area contributed by atoms with Crippen molar-refractivity contribution in [1.29, 1.82) is 0 Å². The number of aliphatic hydroxyl groups excluding tert-OH is 2. The van der Waals surface area contributed by atoms with E-state index >= 15 is 0 Å². The van der Waals surface area contributed by atoms with Crippen molar-refractivity contribution in [3.63, 3.8) is 0 Å². The number of esters is 1. The molecule has 26 heavy (non-hydrogen) atoms. The summed E-state index contributed by atoms with van der Waals surface area (Å²) in [6.45, 7) is 2.37. The van der Waals surface area contributed by atoms with Crippen LogP contribution < -0.4 is 5.23 Å². The molecule has 0 bridgehead atoms. The van der Waals surface area contributed by atoms with Gasteiger partial charge in [-0.25, -0.2) is 9.78 Å². The van der Waals surface area contributed by atoms with Gasteiger partial charge in [-0.15, -0.1) is 0 Å². The van der Waals surface area contributed by atoms with E-state index < -0.39 is 5.97 Å². The smallest absolute Gasteiger partial charge is 0.374 e. The average molecular weight is 359 g/mol. The first-order chi connectivity index (χ1) is 12.6. The predicted molar refractivity (Wildman–Crippen MR) is 102 cm³/mol. The van der Waals surface area contributed by atoms with Crippen LogP contribution in [0.1, 0.15) is 29.5 Å². The molecule has 1 atom stereocenters. The Morgan fingerprint density at radius 1 is 1.31 bits per heavy atom. The van der Waals surface area contributed by atoms with Crippen LogP contribution in [0.4, 0.5) is 0 Å². The summed E-state index contributed by atoms with van der Waals surface area (Å²) in [5.41, 5.74) is 2.70. The molecule has 2 aromatic rings. The third kappa shape index (κ3) is 5.17. The van der Waals surface area contributed by atoms with Gasteiger partial charge in [-0.3, -0.25) is 0 Å². The topological polar surface area (TPSA) is 96.6 Å². The van der Waals surface area contributed by atoms with Gasteiger partial charge in [-0.1, -0.05) is 24.3 Å². The number of carbonyl (C=O) groups excluding carboxylic acids is 1. The Hall–Kier alpha value is -2.16. The molecule has 0 aliphatic rings. The Labute approximate surface area is 154 Å². The number of nitrogens with zero attached hydrogens (tertiary/aromatic N) is 2. The number of aliphatic hydroxyl groups is 2. The van der Waals surface area contributed by atoms with Crippen LogP contribution in [0, 0.1) is 0 Å². The van der Waals surface area contributed by atoms with E-state index in [-0.39, 0.29) is 38.2 Å². The molecule has 8 heteroatoms. The number of hydrogen-bond acceptors (Lipinski definition) is 6. The molecule has 140 valence electrons. The summed E-state index contributed by atoms with van der Waals surface area (Å²) in [7, 11) is 1.89. The number of aromatic nitrogens is 2. The van der Waals surface area contributed by atoms with Gasteiger partial charge in [0.05, 0.1) is 18.9 Å². The first-order valence-corrected chi connectivity index (χ1v) is 8.85. The number of carbonyl (C=O) groups is 1. The maximum atomic E-state index is 12.0. The third-order valence-electron chi connectivity index (χ3n) is 4.19. The molecule has 3 N–H and O–H groups in total. The van der Waals surface area contributed by atoms with E-state index in [2.05, 4.69) is 10.2 Å². The predicted octanol–water partition coefficient (Wildman–Crippen LogP) is 0.150. The number of ether oxygens (including phenoxy) is 1. The van der Waals surface area contributed by atoms with Crippen LogP contribution in [-0.2, 0) is 17.7 Å². The minimum Gasteiger partial charge on any atom is -0.460 e. The molecule has 0 saturated heterocycles. The summed E-state index contributed by atoms with van der Waals surface area (Å²) in [6, 6.07) is 8.19. The first kappa shape index (κ1) is 20.2. The standard InChI is InChI=1S/C18H26BN3O4/c1-2-26-18(25)17-20-16(12-22(17)8-10-24)14-5-3-13(4-6-14)11-15(21-19)7-9-23/h3-6,12,15,21,23-24H,2,7-11,19H2,1H3. The second kappa shape index (κ2) is 10.1. The van der Waals surface area contributed by atoms with Crippen molar-refractivity contribution in [1.82, 2.24) is 14.8 Å². The average Bonchev–Trinajstić information content (AvgIpc) is 3.06. The van der Waals surface area contributed by atoms with Crippen molar-refractivity contribution >= 4 is 14.0 Å². The molecule has 7 nitrogen and oxygen atoms in total. The van der Waals surface area contributed by atoms with E-state index in [9.17, 15) is 9.90 Å². The zero-order chi connectivity index (χ0) is 18.9. The third-order valence-corrected chi connectivity index (χ3v) is 4.19. The Balaban J connectivity index is 2.20. The zero-order valence-corrected chi connectivity index (χ0v) is 15.3. The van der Waals surface area contributed by atoms with E-state index in [0.29, 0.717) is 12.1 Å². The quantitative estimate of drug-likeness (QED) is 0.413. The Morgan fingerprint density at radius 2 is 2.04 bits per heavy atom. The monoisotopic (exact) mass is 359 g/mol. The van der Waals surface area contributed by atoms with Crippen molar-refractivity contribution in [2.45, 2.75) is 32.4 Å². The Bertz CT molecular complexity index is 703. The maximum Gasteiger partial charge on any atom is 0.374 e. The van der Waals surface area contributed by atoms with Gasteiger partial charge in [0.1, 0.15) is 0 Å². The van der Waals surface area contributed by atoms with Crippen molar-refractivity contribution < 1.29 is 19.7 Å². The fraction of sp³-hybridized carbons (Fsp3) is 0.444. The largest absolute Gasteiger partial charge is 0.460 e. The van der Waals surface area contributed by atoms with Crippen LogP contribution in [0.3, 0.4) is 0 Å². The van der Waals surface area contributed by atoms with Gasteiger partial charge in [0.25, 0.3) is 0 Å². The number of nitrogens with one attached hydrogen (secondary N) is 1. The fourth-order valence-corrected chi connectivity index (χ4v) is 2.79. The Kier molecular flexibility index (Phi) is 7.84. The molecule has 1 aromatic carbocycles. The summed E-state index contributed by atoms with van der Waals surface area (Å²) < 4.78 is 6.64. The second-order valence-electron chi connectivity index (χ2n) is 5.99. The molecule has 0 fully saturated rings. The van der Waals surface area contributed by atoms with E-state index in [1.54, 1.807) is 17.7 Å². The SMILES string of the molecule is BNC(CCO)Cc1ccc(-c2cn(CCO)c(C(=O)OCC)n2)cc1. The molecule has 2 rings (SSSR count). The molecule has 1 unspecified atom stereocenters. The van der Waals surface area contributed by atoms with Crippen LogP contribution in [0.25, 0.3) is 11.3 Å². The van der Waals surface area contributed by atoms with Crippen LogP contribution in [0.2, 0.25) is 0 Å². The van der Waals surface area contributed by atoms with Crippen LogP contribution >= 0.6 is 0 Å². The summed E-state index contributed by atoms with van der Waals surface area (Å²) >= 11 is 0. The molecule has 0 amide bonds. The molecule has 0 aliphatic heterocycles. The molecule has 0 saturated carbocycles. The molecule has 0 aliphatic carbocycles. The zero-order valence-electron chi connectivity index (χ0n) is 15.3. The highest BCUT2D eigenvalue weighted by Gasteiger charge is 2.17. The number of hydrogen-bond donors (Lipinski definition) is 3. The lowest BCUT2D eigenvalue weighted by molar-refractivity contribution is 0.0505. The van der Waals surface area contributed by atoms with E-state index in [0.717, 1.165) is 17.5 Å². The van der Waals surface area contributed by atoms with E-state index in [1.165, 1.54) is 0 Å². The van der Waals surface area contributed by atoms with Crippen molar-refractivity contribution in [2.75, 3.05) is 19.8 Å². The summed E-state index contributed by atoms with van der Waals surface area (Å²) in [4.78, 5) is 16.4. The van der Waals surface area contributed by atoms with Gasteiger partial charge in [0, 0.05) is 31.0 Å². The fourth-order valence-electron chi connectivity index (χ4n) is 2.79. The highest BCUT2D eigenvalue weighted by molar-refractivity contribution is 6.04. The molecule has 0 radical (unpaired) electrons. The van der Waals surface area contributed by atoms with Gasteiger partial charge in [0.15, 0.2) is 7.98 Å².